The average Bonchev–Trinajstić information content (AvgIpc) is 2.37. The number of fused-ring (bicyclic) bond motifs is 3. The monoisotopic (exact) mass is 271 g/mol. The van der Waals surface area contributed by atoms with Crippen molar-refractivity contribution in [2.24, 2.45) is 0 Å². The first-order valence-corrected chi connectivity index (χ1v) is 6.33. The van der Waals surface area contributed by atoms with Crippen LogP contribution in [-0.2, 0) is 5.33 Å². The number of pyridine rings is 1. The third kappa shape index (κ3) is 1.41. The lowest BCUT2D eigenvalue weighted by Crippen LogP contribution is -1.86. The summed E-state index contributed by atoms with van der Waals surface area (Å²) in [4.78, 5) is 4.50. The molecule has 3 aromatic rings. The van der Waals surface area contributed by atoms with E-state index in [4.69, 9.17) is 0 Å². The molecule has 1 nitrogen and oxygen atoms in total. The Kier molecular flexibility index (Phi) is 2.37. The van der Waals surface area contributed by atoms with Crippen molar-refractivity contribution in [2.75, 3.05) is 0 Å². The van der Waals surface area contributed by atoms with Crippen molar-refractivity contribution in [3.63, 3.8) is 0 Å². The quantitative estimate of drug-likeness (QED) is 0.476. The molecule has 78 valence electrons. The molecule has 1 aromatic heterocycles. The number of hydrogen-bond acceptors (Lipinski definition) is 1. The lowest BCUT2D eigenvalue weighted by atomic mass is 10.0. The molecule has 0 saturated carbocycles. The highest BCUT2D eigenvalue weighted by molar-refractivity contribution is 9.08. The van der Waals surface area contributed by atoms with Gasteiger partial charge in [-0.2, -0.15) is 0 Å². The summed E-state index contributed by atoms with van der Waals surface area (Å²) in [6.45, 7) is 0. The molecule has 3 rings (SSSR count). The van der Waals surface area contributed by atoms with Crippen LogP contribution in [0.2, 0.25) is 0 Å². The van der Waals surface area contributed by atoms with Crippen LogP contribution < -0.4 is 0 Å². The Balaban J connectivity index is 2.57. The van der Waals surface area contributed by atoms with Gasteiger partial charge in [-0.1, -0.05) is 52.3 Å². The summed E-state index contributed by atoms with van der Waals surface area (Å²) in [6, 6.07) is 14.7. The molecular weight excluding hydrogens is 262 g/mol. The van der Waals surface area contributed by atoms with E-state index in [1.807, 2.05) is 12.3 Å². The predicted molar refractivity (Wildman–Crippen MR) is 71.9 cm³/mol. The molecule has 0 saturated heterocycles. The van der Waals surface area contributed by atoms with Gasteiger partial charge in [0.15, 0.2) is 0 Å². The van der Waals surface area contributed by atoms with Crippen LogP contribution in [0, 0.1) is 0 Å². The second kappa shape index (κ2) is 3.87. The predicted octanol–water partition coefficient (Wildman–Crippen LogP) is 4.28. The minimum atomic E-state index is 0.861. The summed E-state index contributed by atoms with van der Waals surface area (Å²) in [5.74, 6) is 0. The van der Waals surface area contributed by atoms with Gasteiger partial charge in [0.2, 0.25) is 0 Å². The van der Waals surface area contributed by atoms with Gasteiger partial charge in [-0.15, -0.1) is 0 Å². The highest BCUT2D eigenvalue weighted by Gasteiger charge is 2.04. The van der Waals surface area contributed by atoms with Crippen LogP contribution in [0.3, 0.4) is 0 Å². The Labute approximate surface area is 102 Å². The van der Waals surface area contributed by atoms with Crippen LogP contribution >= 0.6 is 15.9 Å². The number of halogens is 1. The van der Waals surface area contributed by atoms with E-state index in [-0.39, 0.29) is 0 Å². The third-order valence-corrected chi connectivity index (χ3v) is 3.45. The second-order valence-corrected chi connectivity index (χ2v) is 4.35. The van der Waals surface area contributed by atoms with Gasteiger partial charge in [0, 0.05) is 22.3 Å². The summed E-state index contributed by atoms with van der Waals surface area (Å²) >= 11 is 3.54. The summed E-state index contributed by atoms with van der Waals surface area (Å²) in [7, 11) is 0. The summed E-state index contributed by atoms with van der Waals surface area (Å²) in [5, 5.41) is 4.60. The summed E-state index contributed by atoms with van der Waals surface area (Å²) < 4.78 is 0. The smallest absolute Gasteiger partial charge is 0.0711 e. The van der Waals surface area contributed by atoms with Gasteiger partial charge in [0.25, 0.3) is 0 Å². The van der Waals surface area contributed by atoms with Gasteiger partial charge in [0.05, 0.1) is 5.52 Å². The fraction of sp³-hybridized carbons (Fsp3) is 0.0714. The van der Waals surface area contributed by atoms with Gasteiger partial charge >= 0.3 is 0 Å². The van der Waals surface area contributed by atoms with Gasteiger partial charge < -0.3 is 0 Å². The van der Waals surface area contributed by atoms with Crippen molar-refractivity contribution in [3.05, 3.63) is 54.2 Å². The maximum atomic E-state index is 4.50. The Bertz CT molecular complexity index is 661. The van der Waals surface area contributed by atoms with Crippen molar-refractivity contribution in [1.29, 1.82) is 0 Å². The second-order valence-electron chi connectivity index (χ2n) is 3.79. The van der Waals surface area contributed by atoms with E-state index in [1.165, 1.54) is 21.7 Å². The molecular formula is C14H10BrN. The minimum Gasteiger partial charge on any atom is -0.256 e. The Morgan fingerprint density at radius 2 is 1.88 bits per heavy atom. The Morgan fingerprint density at radius 1 is 1.00 bits per heavy atom. The molecule has 0 atom stereocenters. The van der Waals surface area contributed by atoms with Crippen LogP contribution in [0.25, 0.3) is 21.7 Å². The SMILES string of the molecule is BrCc1cccc2ncc3ccccc3c12. The molecule has 1 heterocycles. The molecule has 0 N–H and O–H groups in total. The standard InChI is InChI=1S/C14H10BrN/c15-8-10-5-3-7-13-14(10)12-6-2-1-4-11(12)9-16-13/h1-7,9H,8H2. The van der Waals surface area contributed by atoms with Crippen LogP contribution in [0.1, 0.15) is 5.56 Å². The maximum Gasteiger partial charge on any atom is 0.0711 e. The van der Waals surface area contributed by atoms with E-state index in [0.29, 0.717) is 0 Å². The molecule has 0 unspecified atom stereocenters. The van der Waals surface area contributed by atoms with Gasteiger partial charge in [-0.3, -0.25) is 4.98 Å². The van der Waals surface area contributed by atoms with E-state index >= 15 is 0 Å². The van der Waals surface area contributed by atoms with Gasteiger partial charge in [-0.05, 0) is 17.0 Å². The van der Waals surface area contributed by atoms with Crippen LogP contribution in [0.15, 0.2) is 48.7 Å². The normalized spacial score (nSPS) is 11.1. The Morgan fingerprint density at radius 3 is 2.75 bits per heavy atom. The molecule has 0 bridgehead atoms. The van der Waals surface area contributed by atoms with Gasteiger partial charge in [-0.25, -0.2) is 0 Å². The Hall–Kier alpha value is -1.41. The molecule has 2 heteroatoms. The first-order chi connectivity index (χ1) is 7.90. The molecule has 0 amide bonds. The largest absolute Gasteiger partial charge is 0.256 e. The average molecular weight is 272 g/mol. The molecule has 0 aliphatic carbocycles. The molecule has 16 heavy (non-hydrogen) atoms. The molecule has 0 aliphatic rings. The van der Waals surface area contributed by atoms with E-state index < -0.39 is 0 Å². The first-order valence-electron chi connectivity index (χ1n) is 5.21. The summed E-state index contributed by atoms with van der Waals surface area (Å²) in [6.07, 6.45) is 1.94. The number of rotatable bonds is 1. The number of hydrogen-bond donors (Lipinski definition) is 0. The zero-order chi connectivity index (χ0) is 11.0. The van der Waals surface area contributed by atoms with Crippen LogP contribution in [0.5, 0.6) is 0 Å². The molecule has 0 fully saturated rings. The fourth-order valence-corrected chi connectivity index (χ4v) is 2.56. The van der Waals surface area contributed by atoms with Crippen molar-refractivity contribution < 1.29 is 0 Å². The van der Waals surface area contributed by atoms with E-state index in [2.05, 4.69) is 57.3 Å². The molecule has 0 aliphatic heterocycles. The van der Waals surface area contributed by atoms with E-state index in [9.17, 15) is 0 Å². The lowest BCUT2D eigenvalue weighted by Gasteiger charge is -2.06. The van der Waals surface area contributed by atoms with Crippen LogP contribution in [-0.4, -0.2) is 4.98 Å². The molecule has 0 spiro atoms. The van der Waals surface area contributed by atoms with E-state index in [0.717, 1.165) is 10.8 Å². The number of aromatic nitrogens is 1. The van der Waals surface area contributed by atoms with Crippen molar-refractivity contribution in [3.8, 4) is 0 Å². The number of benzene rings is 2. The fourth-order valence-electron chi connectivity index (χ4n) is 2.09. The van der Waals surface area contributed by atoms with Crippen LogP contribution in [0.4, 0.5) is 0 Å². The highest BCUT2D eigenvalue weighted by atomic mass is 79.9. The van der Waals surface area contributed by atoms with Gasteiger partial charge in [0.1, 0.15) is 0 Å². The topological polar surface area (TPSA) is 12.9 Å². The molecule has 2 aromatic carbocycles. The summed E-state index contributed by atoms with van der Waals surface area (Å²) in [5.41, 5.74) is 2.36. The lowest BCUT2D eigenvalue weighted by molar-refractivity contribution is 1.41. The molecule has 0 radical (unpaired) electrons. The maximum absolute atomic E-state index is 4.50. The number of nitrogens with zero attached hydrogens (tertiary/aromatic N) is 1. The zero-order valence-corrected chi connectivity index (χ0v) is 10.2. The number of alkyl halides is 1. The third-order valence-electron chi connectivity index (χ3n) is 2.85. The highest BCUT2D eigenvalue weighted by Crippen LogP contribution is 2.27. The van der Waals surface area contributed by atoms with E-state index in [1.54, 1.807) is 0 Å². The minimum absolute atomic E-state index is 0.861. The van der Waals surface area contributed by atoms with Crippen molar-refractivity contribution in [2.45, 2.75) is 5.33 Å². The first kappa shape index (κ1) is 9.79. The van der Waals surface area contributed by atoms with Crippen molar-refractivity contribution >= 4 is 37.6 Å². The van der Waals surface area contributed by atoms with Crippen molar-refractivity contribution in [1.82, 2.24) is 4.98 Å². The zero-order valence-electron chi connectivity index (χ0n) is 8.65.